The molecule has 3 rings (SSSR count). The van der Waals surface area contributed by atoms with Gasteiger partial charge in [0.25, 0.3) is 5.75 Å². The molecule has 0 saturated carbocycles. The molecule has 0 bridgehead atoms. The van der Waals surface area contributed by atoms with Crippen molar-refractivity contribution >= 4 is 0 Å². The zero-order chi connectivity index (χ0) is 14.1. The lowest BCUT2D eigenvalue weighted by Gasteiger charge is -2.04. The zero-order valence-corrected chi connectivity index (χ0v) is 10.9. The first kappa shape index (κ1) is 12.3. The molecule has 0 aliphatic rings. The van der Waals surface area contributed by atoms with E-state index in [2.05, 4.69) is 5.16 Å². The largest absolute Gasteiger partial charge is 0.593 e. The van der Waals surface area contributed by atoms with Crippen LogP contribution in [0.4, 0.5) is 0 Å². The maximum absolute atomic E-state index is 10.0. The number of aromatic hydroxyl groups is 1. The van der Waals surface area contributed by atoms with Gasteiger partial charge in [0.2, 0.25) is 0 Å². The summed E-state index contributed by atoms with van der Waals surface area (Å²) in [5, 5.41) is 21.5. The van der Waals surface area contributed by atoms with E-state index in [0.29, 0.717) is 11.3 Å². The van der Waals surface area contributed by atoms with E-state index < -0.39 is 0 Å². The van der Waals surface area contributed by atoms with Gasteiger partial charge in [-0.1, -0.05) is 35.5 Å². The maximum atomic E-state index is 10.0. The number of aromatic nitrogens is 1. The summed E-state index contributed by atoms with van der Waals surface area (Å²) in [7, 11) is 0. The van der Waals surface area contributed by atoms with E-state index in [9.17, 15) is 5.11 Å². The van der Waals surface area contributed by atoms with Gasteiger partial charge < -0.3 is 14.7 Å². The summed E-state index contributed by atoms with van der Waals surface area (Å²) < 4.78 is 5.39. The molecule has 0 spiro atoms. The summed E-state index contributed by atoms with van der Waals surface area (Å²) in [4.78, 5) is 0. The Morgan fingerprint density at radius 1 is 1.10 bits per heavy atom. The molecule has 100 valence electrons. The van der Waals surface area contributed by atoms with Crippen LogP contribution in [-0.2, 0) is 0 Å². The van der Waals surface area contributed by atoms with Gasteiger partial charge in [0.05, 0.1) is 22.9 Å². The predicted molar refractivity (Wildman–Crippen MR) is 76.8 cm³/mol. The fourth-order valence-corrected chi connectivity index (χ4v) is 2.22. The SMILES string of the molecule is Cc1noc(-c2ccc([OH2+])cc2O)c1-c1ccccc1. The quantitative estimate of drug-likeness (QED) is 0.723. The van der Waals surface area contributed by atoms with Crippen molar-refractivity contribution in [1.29, 1.82) is 0 Å². The Labute approximate surface area is 115 Å². The minimum atomic E-state index is 0.0193. The van der Waals surface area contributed by atoms with E-state index in [1.165, 1.54) is 6.07 Å². The highest BCUT2D eigenvalue weighted by atomic mass is 16.5. The lowest BCUT2D eigenvalue weighted by molar-refractivity contribution is 0.420. The number of hydrogen-bond donors (Lipinski definition) is 1. The van der Waals surface area contributed by atoms with E-state index >= 15 is 0 Å². The summed E-state index contributed by atoms with van der Waals surface area (Å²) in [5.74, 6) is 0.792. The lowest BCUT2D eigenvalue weighted by atomic mass is 9.99. The molecule has 3 aromatic rings. The Balaban J connectivity index is 2.21. The number of nitrogens with zero attached hydrogens (tertiary/aromatic N) is 1. The van der Waals surface area contributed by atoms with Gasteiger partial charge in [0.15, 0.2) is 5.76 Å². The zero-order valence-electron chi connectivity index (χ0n) is 10.9. The average Bonchev–Trinajstić information content (AvgIpc) is 2.81. The van der Waals surface area contributed by atoms with Gasteiger partial charge in [-0.25, -0.2) is 0 Å². The Morgan fingerprint density at radius 3 is 2.55 bits per heavy atom. The van der Waals surface area contributed by atoms with Crippen LogP contribution in [0.3, 0.4) is 0 Å². The topological polar surface area (TPSA) is 69.2 Å². The van der Waals surface area contributed by atoms with Crippen LogP contribution >= 0.6 is 0 Å². The third-order valence-corrected chi connectivity index (χ3v) is 3.17. The van der Waals surface area contributed by atoms with E-state index in [1.807, 2.05) is 37.3 Å². The molecule has 0 fully saturated rings. The van der Waals surface area contributed by atoms with E-state index in [0.717, 1.165) is 16.8 Å². The Kier molecular flexibility index (Phi) is 2.91. The highest BCUT2D eigenvalue weighted by Crippen LogP contribution is 2.39. The van der Waals surface area contributed by atoms with Crippen molar-refractivity contribution in [3.05, 3.63) is 54.2 Å². The molecule has 4 heteroatoms. The Hall–Kier alpha value is -2.75. The molecule has 3 N–H and O–H groups in total. The summed E-state index contributed by atoms with van der Waals surface area (Å²) in [5.41, 5.74) is 3.15. The fourth-order valence-electron chi connectivity index (χ4n) is 2.22. The second-order valence-electron chi connectivity index (χ2n) is 4.57. The van der Waals surface area contributed by atoms with Gasteiger partial charge >= 0.3 is 0 Å². The summed E-state index contributed by atoms with van der Waals surface area (Å²) in [6.07, 6.45) is 0. The maximum Gasteiger partial charge on any atom is 0.257 e. The highest BCUT2D eigenvalue weighted by molar-refractivity contribution is 5.83. The van der Waals surface area contributed by atoms with Crippen molar-refractivity contribution in [3.63, 3.8) is 0 Å². The smallest absolute Gasteiger partial charge is 0.257 e. The molecule has 0 aliphatic carbocycles. The van der Waals surface area contributed by atoms with E-state index in [-0.39, 0.29) is 11.5 Å². The minimum Gasteiger partial charge on any atom is -0.593 e. The molecule has 1 aromatic heterocycles. The van der Waals surface area contributed by atoms with Crippen LogP contribution in [0.1, 0.15) is 5.69 Å². The van der Waals surface area contributed by atoms with E-state index in [1.54, 1.807) is 12.1 Å². The number of rotatable bonds is 2. The molecule has 0 unspecified atom stereocenters. The van der Waals surface area contributed by atoms with Crippen molar-refractivity contribution in [3.8, 4) is 33.9 Å². The number of phenols is 1. The summed E-state index contributed by atoms with van der Waals surface area (Å²) >= 11 is 0. The summed E-state index contributed by atoms with van der Waals surface area (Å²) in [6, 6.07) is 14.4. The first-order valence-corrected chi connectivity index (χ1v) is 6.23. The standard InChI is InChI=1S/C16H13NO3/c1-10-15(11-5-3-2-4-6-11)16(20-17-10)13-8-7-12(18)9-14(13)19/h2-9,18-19H,1H3/p+1. The van der Waals surface area contributed by atoms with Gasteiger partial charge in [-0.05, 0) is 18.6 Å². The van der Waals surface area contributed by atoms with Crippen LogP contribution in [-0.4, -0.2) is 15.4 Å². The Morgan fingerprint density at radius 2 is 1.85 bits per heavy atom. The van der Waals surface area contributed by atoms with Crippen LogP contribution < -0.4 is 0 Å². The van der Waals surface area contributed by atoms with Crippen molar-refractivity contribution in [2.45, 2.75) is 6.92 Å². The second-order valence-corrected chi connectivity index (χ2v) is 4.57. The Bertz CT molecular complexity index is 748. The van der Waals surface area contributed by atoms with Gasteiger partial charge in [0.1, 0.15) is 5.75 Å². The molecule has 0 saturated heterocycles. The average molecular weight is 268 g/mol. The molecular weight excluding hydrogens is 254 g/mol. The van der Waals surface area contributed by atoms with Crippen molar-refractivity contribution in [2.75, 3.05) is 0 Å². The molecule has 0 aliphatic heterocycles. The summed E-state index contributed by atoms with van der Waals surface area (Å²) in [6.45, 7) is 1.87. The number of aryl methyl sites for hydroxylation is 1. The molecule has 0 amide bonds. The number of phenolic OH excluding ortho intramolecular Hbond substituents is 1. The third-order valence-electron chi connectivity index (χ3n) is 3.17. The molecule has 0 atom stereocenters. The van der Waals surface area contributed by atoms with Crippen molar-refractivity contribution < 1.29 is 14.7 Å². The fraction of sp³-hybridized carbons (Fsp3) is 0.0625. The molecule has 4 nitrogen and oxygen atoms in total. The third kappa shape index (κ3) is 2.01. The van der Waals surface area contributed by atoms with Crippen LogP contribution in [0.5, 0.6) is 11.5 Å². The van der Waals surface area contributed by atoms with Crippen LogP contribution in [0, 0.1) is 6.92 Å². The van der Waals surface area contributed by atoms with Crippen molar-refractivity contribution in [2.24, 2.45) is 0 Å². The normalized spacial score (nSPS) is 10.7. The molecule has 2 aromatic carbocycles. The van der Waals surface area contributed by atoms with Crippen LogP contribution in [0.15, 0.2) is 53.1 Å². The van der Waals surface area contributed by atoms with Gasteiger partial charge in [-0.15, -0.1) is 0 Å². The van der Waals surface area contributed by atoms with Crippen LogP contribution in [0.2, 0.25) is 0 Å². The monoisotopic (exact) mass is 268 g/mol. The predicted octanol–water partition coefficient (Wildman–Crippen LogP) is 3.46. The van der Waals surface area contributed by atoms with Gasteiger partial charge in [0, 0.05) is 6.07 Å². The molecule has 1 heterocycles. The van der Waals surface area contributed by atoms with E-state index in [4.69, 9.17) is 9.63 Å². The minimum absolute atomic E-state index is 0.0193. The first-order chi connectivity index (χ1) is 9.66. The van der Waals surface area contributed by atoms with Crippen molar-refractivity contribution in [1.82, 2.24) is 5.16 Å². The molecular formula is C16H14NO3+. The highest BCUT2D eigenvalue weighted by Gasteiger charge is 2.19. The number of benzene rings is 2. The molecule has 20 heavy (non-hydrogen) atoms. The first-order valence-electron chi connectivity index (χ1n) is 6.23. The second kappa shape index (κ2) is 4.74. The van der Waals surface area contributed by atoms with Crippen LogP contribution in [0.25, 0.3) is 22.5 Å². The van der Waals surface area contributed by atoms with Gasteiger partial charge in [-0.2, -0.15) is 0 Å². The molecule has 0 radical (unpaired) electrons. The van der Waals surface area contributed by atoms with Gasteiger partial charge in [-0.3, -0.25) is 0 Å². The number of hydrogen-bond acceptors (Lipinski definition) is 3. The lowest BCUT2D eigenvalue weighted by Crippen LogP contribution is -1.83.